The van der Waals surface area contributed by atoms with E-state index in [9.17, 15) is 0 Å². The quantitative estimate of drug-likeness (QED) is 0.602. The van der Waals surface area contributed by atoms with E-state index in [4.69, 9.17) is 0 Å². The Bertz CT molecular complexity index is 170. The van der Waals surface area contributed by atoms with Gasteiger partial charge in [-0.25, -0.2) is 0 Å². The first-order chi connectivity index (χ1) is 6.45. The first kappa shape index (κ1) is 8.28. The molecule has 13 heavy (non-hydrogen) atoms. The van der Waals surface area contributed by atoms with Crippen LogP contribution in [0.25, 0.3) is 0 Å². The average molecular weight is 179 g/mol. The largest absolute Gasteiger partial charge is 0.314 e. The lowest BCUT2D eigenvalue weighted by Crippen LogP contribution is -2.39. The van der Waals surface area contributed by atoms with Gasteiger partial charge in [0.05, 0.1) is 0 Å². The lowest BCUT2D eigenvalue weighted by molar-refractivity contribution is 0.198. The van der Waals surface area contributed by atoms with E-state index < -0.39 is 0 Å². The van der Waals surface area contributed by atoms with Gasteiger partial charge in [-0.3, -0.25) is 0 Å². The van der Waals surface area contributed by atoms with E-state index in [2.05, 4.69) is 5.32 Å². The molecule has 2 aliphatic carbocycles. The van der Waals surface area contributed by atoms with Gasteiger partial charge in [0.25, 0.3) is 0 Å². The van der Waals surface area contributed by atoms with E-state index >= 15 is 0 Å². The van der Waals surface area contributed by atoms with E-state index in [1.807, 2.05) is 0 Å². The third-order valence-corrected chi connectivity index (χ3v) is 4.71. The van der Waals surface area contributed by atoms with Crippen molar-refractivity contribution >= 4 is 0 Å². The molecule has 0 aromatic heterocycles. The summed E-state index contributed by atoms with van der Waals surface area (Å²) in [4.78, 5) is 0. The molecule has 3 aliphatic rings. The third kappa shape index (κ3) is 1.32. The van der Waals surface area contributed by atoms with Gasteiger partial charge >= 0.3 is 0 Å². The van der Waals surface area contributed by atoms with Crippen molar-refractivity contribution in [3.05, 3.63) is 0 Å². The van der Waals surface area contributed by atoms with Crippen LogP contribution in [-0.2, 0) is 0 Å². The van der Waals surface area contributed by atoms with Crippen molar-refractivity contribution in [1.29, 1.82) is 0 Å². The molecule has 4 atom stereocenters. The van der Waals surface area contributed by atoms with E-state index in [0.29, 0.717) is 0 Å². The Morgan fingerprint density at radius 2 is 1.69 bits per heavy atom. The summed E-state index contributed by atoms with van der Waals surface area (Å²) in [6.45, 7) is 1.29. The first-order valence-corrected chi connectivity index (χ1v) is 6.18. The molecule has 0 radical (unpaired) electrons. The summed E-state index contributed by atoms with van der Waals surface area (Å²) in [5.41, 5.74) is 0. The Balaban J connectivity index is 1.76. The second kappa shape index (κ2) is 3.27. The Hall–Kier alpha value is -0.0400. The number of hydrogen-bond acceptors (Lipinski definition) is 1. The van der Waals surface area contributed by atoms with Gasteiger partial charge in [0.1, 0.15) is 0 Å². The zero-order valence-corrected chi connectivity index (χ0v) is 8.47. The van der Waals surface area contributed by atoms with Crippen molar-refractivity contribution in [2.24, 2.45) is 17.8 Å². The van der Waals surface area contributed by atoms with E-state index in [0.717, 1.165) is 23.8 Å². The van der Waals surface area contributed by atoms with Gasteiger partial charge in [-0.05, 0) is 50.0 Å². The highest BCUT2D eigenvalue weighted by Gasteiger charge is 2.44. The Kier molecular flexibility index (Phi) is 2.08. The van der Waals surface area contributed by atoms with Crippen LogP contribution in [0, 0.1) is 17.8 Å². The molecule has 0 bridgehead atoms. The molecule has 1 nitrogen and oxygen atoms in total. The number of rotatable bonds is 0. The van der Waals surface area contributed by atoms with Gasteiger partial charge in [0.15, 0.2) is 0 Å². The van der Waals surface area contributed by atoms with Crippen molar-refractivity contribution in [1.82, 2.24) is 5.32 Å². The molecular formula is C12H21N. The Labute approximate surface area is 81.3 Å². The number of fused-ring (bicyclic) bond motifs is 3. The highest BCUT2D eigenvalue weighted by atomic mass is 14.9. The van der Waals surface area contributed by atoms with Crippen LogP contribution in [0.3, 0.4) is 0 Å². The molecule has 1 heteroatoms. The van der Waals surface area contributed by atoms with E-state index in [1.54, 1.807) is 12.8 Å². The molecule has 3 fully saturated rings. The minimum absolute atomic E-state index is 0.918. The Morgan fingerprint density at radius 1 is 0.846 bits per heavy atom. The molecule has 0 aromatic carbocycles. The molecule has 4 unspecified atom stereocenters. The first-order valence-electron chi connectivity index (χ1n) is 6.18. The molecule has 0 aromatic rings. The van der Waals surface area contributed by atoms with Crippen LogP contribution in [0.15, 0.2) is 0 Å². The maximum Gasteiger partial charge on any atom is 0.0101 e. The van der Waals surface area contributed by atoms with Crippen LogP contribution in [0.4, 0.5) is 0 Å². The van der Waals surface area contributed by atoms with Crippen LogP contribution in [0.5, 0.6) is 0 Å². The van der Waals surface area contributed by atoms with Crippen molar-refractivity contribution < 1.29 is 0 Å². The monoisotopic (exact) mass is 179 g/mol. The van der Waals surface area contributed by atoms with Crippen LogP contribution in [-0.4, -0.2) is 12.6 Å². The highest BCUT2D eigenvalue weighted by molar-refractivity contribution is 4.97. The molecule has 1 heterocycles. The normalized spacial score (nSPS) is 49.8. The van der Waals surface area contributed by atoms with E-state index in [1.165, 1.54) is 38.6 Å². The van der Waals surface area contributed by atoms with Gasteiger partial charge < -0.3 is 5.32 Å². The fraction of sp³-hybridized carbons (Fsp3) is 1.00. The summed E-state index contributed by atoms with van der Waals surface area (Å²) in [6.07, 6.45) is 10.6. The summed E-state index contributed by atoms with van der Waals surface area (Å²) in [5.74, 6) is 3.29. The summed E-state index contributed by atoms with van der Waals surface area (Å²) < 4.78 is 0. The molecule has 1 aliphatic heterocycles. The lowest BCUT2D eigenvalue weighted by atomic mass is 9.76. The molecule has 1 N–H and O–H groups in total. The van der Waals surface area contributed by atoms with Crippen molar-refractivity contribution in [2.75, 3.05) is 6.54 Å². The molecule has 0 amide bonds. The van der Waals surface area contributed by atoms with Crippen LogP contribution in [0.1, 0.15) is 44.9 Å². The van der Waals surface area contributed by atoms with Gasteiger partial charge in [0.2, 0.25) is 0 Å². The molecule has 2 saturated carbocycles. The van der Waals surface area contributed by atoms with Crippen molar-refractivity contribution in [3.63, 3.8) is 0 Å². The summed E-state index contributed by atoms with van der Waals surface area (Å²) >= 11 is 0. The number of piperidine rings is 1. The van der Waals surface area contributed by atoms with Crippen LogP contribution in [0.2, 0.25) is 0 Å². The molecule has 0 spiro atoms. The fourth-order valence-corrected chi connectivity index (χ4v) is 4.17. The Morgan fingerprint density at radius 3 is 2.69 bits per heavy atom. The lowest BCUT2D eigenvalue weighted by Gasteiger charge is -2.32. The fourth-order valence-electron chi connectivity index (χ4n) is 4.17. The summed E-state index contributed by atoms with van der Waals surface area (Å²) in [6, 6.07) is 0.918. The van der Waals surface area contributed by atoms with Gasteiger partial charge in [-0.15, -0.1) is 0 Å². The minimum atomic E-state index is 0.918. The van der Waals surface area contributed by atoms with Gasteiger partial charge in [0, 0.05) is 6.04 Å². The zero-order valence-electron chi connectivity index (χ0n) is 8.47. The number of hydrogen-bond donors (Lipinski definition) is 1. The van der Waals surface area contributed by atoms with Gasteiger partial charge in [-0.2, -0.15) is 0 Å². The smallest absolute Gasteiger partial charge is 0.0101 e. The van der Waals surface area contributed by atoms with Crippen LogP contribution < -0.4 is 5.32 Å². The second-order valence-corrected chi connectivity index (χ2v) is 5.31. The SMILES string of the molecule is C1CCC2C(C1)CC1NCCCC12. The zero-order chi connectivity index (χ0) is 8.67. The topological polar surface area (TPSA) is 12.0 Å². The minimum Gasteiger partial charge on any atom is -0.314 e. The van der Waals surface area contributed by atoms with E-state index in [-0.39, 0.29) is 0 Å². The van der Waals surface area contributed by atoms with Crippen LogP contribution >= 0.6 is 0 Å². The molecule has 1 saturated heterocycles. The maximum absolute atomic E-state index is 3.74. The molecule has 74 valence electrons. The standard InChI is InChI=1S/C12H21N/c1-2-5-10-9(4-1)8-12-11(10)6-3-7-13-12/h9-13H,1-8H2. The molecule has 3 rings (SSSR count). The molecular weight excluding hydrogens is 158 g/mol. The summed E-state index contributed by atoms with van der Waals surface area (Å²) in [5, 5.41) is 3.74. The van der Waals surface area contributed by atoms with Gasteiger partial charge in [-0.1, -0.05) is 19.3 Å². The number of nitrogens with one attached hydrogen (secondary N) is 1. The van der Waals surface area contributed by atoms with Crippen molar-refractivity contribution in [2.45, 2.75) is 51.0 Å². The van der Waals surface area contributed by atoms with Crippen molar-refractivity contribution in [3.8, 4) is 0 Å². The highest BCUT2D eigenvalue weighted by Crippen LogP contribution is 2.48. The third-order valence-electron chi connectivity index (χ3n) is 4.71. The predicted octanol–water partition coefficient (Wildman–Crippen LogP) is 2.56. The average Bonchev–Trinajstić information content (AvgIpc) is 2.56. The maximum atomic E-state index is 3.74. The predicted molar refractivity (Wildman–Crippen MR) is 54.6 cm³/mol. The second-order valence-electron chi connectivity index (χ2n) is 5.31. The summed E-state index contributed by atoms with van der Waals surface area (Å²) in [7, 11) is 0.